The van der Waals surface area contributed by atoms with Crippen LogP contribution in [0.2, 0.25) is 0 Å². The highest BCUT2D eigenvalue weighted by molar-refractivity contribution is 5.20. The Kier molecular flexibility index (Phi) is 6.44. The number of hydrogen-bond donors (Lipinski definition) is 1. The van der Waals surface area contributed by atoms with E-state index in [1.165, 1.54) is 5.56 Å². The summed E-state index contributed by atoms with van der Waals surface area (Å²) in [5.41, 5.74) is 1.23. The van der Waals surface area contributed by atoms with E-state index in [-0.39, 0.29) is 0 Å². The van der Waals surface area contributed by atoms with E-state index in [0.717, 1.165) is 30.9 Å². The monoisotopic (exact) mass is 253 g/mol. The highest BCUT2D eigenvalue weighted by atomic mass is 16.5. The Hall–Kier alpha value is -0.800. The van der Waals surface area contributed by atoms with Crippen molar-refractivity contribution in [2.24, 2.45) is 0 Å². The highest BCUT2D eigenvalue weighted by Gasteiger charge is 2.09. The van der Waals surface area contributed by atoms with Gasteiger partial charge < -0.3 is 14.5 Å². The van der Waals surface area contributed by atoms with Gasteiger partial charge in [-0.2, -0.15) is 0 Å². The molecular weight excluding hydrogens is 226 g/mol. The van der Waals surface area contributed by atoms with Crippen LogP contribution in [0, 0.1) is 6.92 Å². The van der Waals surface area contributed by atoms with E-state index in [2.05, 4.69) is 39.1 Å². The van der Waals surface area contributed by atoms with Crippen LogP contribution < -0.4 is 5.32 Å². The highest BCUT2D eigenvalue weighted by Crippen LogP contribution is 2.16. The summed E-state index contributed by atoms with van der Waals surface area (Å²) >= 11 is 0. The van der Waals surface area contributed by atoms with Crippen LogP contribution in [0.1, 0.15) is 57.6 Å². The van der Waals surface area contributed by atoms with Crippen molar-refractivity contribution in [2.75, 3.05) is 0 Å². The van der Waals surface area contributed by atoms with Gasteiger partial charge in [0.25, 0.3) is 0 Å². The summed E-state index contributed by atoms with van der Waals surface area (Å²) in [6.45, 7) is 12.0. The second-order valence-electron chi connectivity index (χ2n) is 5.24. The predicted octanol–water partition coefficient (Wildman–Crippen LogP) is 3.79. The molecule has 0 aliphatic rings. The lowest BCUT2D eigenvalue weighted by molar-refractivity contribution is 0.0369. The van der Waals surface area contributed by atoms with E-state index in [4.69, 9.17) is 9.15 Å². The molecule has 0 spiro atoms. The van der Waals surface area contributed by atoms with Gasteiger partial charge in [-0.3, -0.25) is 0 Å². The average Bonchev–Trinajstić information content (AvgIpc) is 2.65. The quantitative estimate of drug-likeness (QED) is 0.765. The topological polar surface area (TPSA) is 34.4 Å². The van der Waals surface area contributed by atoms with Crippen molar-refractivity contribution in [3.63, 3.8) is 0 Å². The molecule has 1 unspecified atom stereocenters. The zero-order chi connectivity index (χ0) is 13.5. The van der Waals surface area contributed by atoms with Gasteiger partial charge in [0.05, 0.1) is 6.10 Å². The van der Waals surface area contributed by atoms with Crippen LogP contribution in [0.15, 0.2) is 10.5 Å². The Morgan fingerprint density at radius 2 is 2.06 bits per heavy atom. The fourth-order valence-corrected chi connectivity index (χ4v) is 1.86. The van der Waals surface area contributed by atoms with Crippen molar-refractivity contribution >= 4 is 0 Å². The van der Waals surface area contributed by atoms with Gasteiger partial charge in [0.1, 0.15) is 18.1 Å². The number of aryl methyl sites for hydroxylation is 1. The second-order valence-corrected chi connectivity index (χ2v) is 5.24. The molecule has 1 aromatic heterocycles. The zero-order valence-electron chi connectivity index (χ0n) is 12.4. The first-order valence-corrected chi connectivity index (χ1v) is 6.96. The van der Waals surface area contributed by atoms with E-state index in [9.17, 15) is 0 Å². The third-order valence-electron chi connectivity index (χ3n) is 2.98. The first-order valence-electron chi connectivity index (χ1n) is 6.96. The fraction of sp³-hybridized carbons (Fsp3) is 0.733. The minimum Gasteiger partial charge on any atom is -0.464 e. The predicted molar refractivity (Wildman–Crippen MR) is 74.6 cm³/mol. The summed E-state index contributed by atoms with van der Waals surface area (Å²) in [4.78, 5) is 0. The van der Waals surface area contributed by atoms with Crippen LogP contribution in [0.3, 0.4) is 0 Å². The maximum absolute atomic E-state index is 5.75. The van der Waals surface area contributed by atoms with Crippen LogP contribution in [0.25, 0.3) is 0 Å². The molecular formula is C15H27NO2. The van der Waals surface area contributed by atoms with Gasteiger partial charge >= 0.3 is 0 Å². The van der Waals surface area contributed by atoms with Crippen LogP contribution in [0.5, 0.6) is 0 Å². The van der Waals surface area contributed by atoms with Crippen molar-refractivity contribution < 1.29 is 9.15 Å². The fourth-order valence-electron chi connectivity index (χ4n) is 1.86. The Labute approximate surface area is 111 Å². The molecule has 1 atom stereocenters. The van der Waals surface area contributed by atoms with Crippen molar-refractivity contribution in [1.29, 1.82) is 0 Å². The standard InChI is InChI=1S/C15H27NO2/c1-6-7-12(4)17-10-15-8-14(13(5)18-15)9-16-11(2)3/h8,11-12,16H,6-7,9-10H2,1-5H3. The van der Waals surface area contributed by atoms with E-state index in [1.807, 2.05) is 6.92 Å². The summed E-state index contributed by atoms with van der Waals surface area (Å²) in [5, 5.41) is 3.40. The molecule has 3 heteroatoms. The summed E-state index contributed by atoms with van der Waals surface area (Å²) in [7, 11) is 0. The molecule has 0 saturated heterocycles. The van der Waals surface area contributed by atoms with Gasteiger partial charge in [-0.05, 0) is 26.3 Å². The Bertz CT molecular complexity index is 344. The van der Waals surface area contributed by atoms with Gasteiger partial charge in [0, 0.05) is 18.2 Å². The molecule has 18 heavy (non-hydrogen) atoms. The molecule has 1 aromatic rings. The first-order chi connectivity index (χ1) is 8.52. The summed E-state index contributed by atoms with van der Waals surface area (Å²) in [5.74, 6) is 1.92. The molecule has 0 radical (unpaired) electrons. The molecule has 1 N–H and O–H groups in total. The number of furan rings is 1. The molecule has 0 fully saturated rings. The van der Waals surface area contributed by atoms with Crippen molar-refractivity contribution in [3.05, 3.63) is 23.2 Å². The maximum atomic E-state index is 5.75. The van der Waals surface area contributed by atoms with Gasteiger partial charge in [-0.15, -0.1) is 0 Å². The lowest BCUT2D eigenvalue weighted by Gasteiger charge is -2.09. The molecule has 104 valence electrons. The van der Waals surface area contributed by atoms with Gasteiger partial charge in [0.2, 0.25) is 0 Å². The van der Waals surface area contributed by atoms with Crippen molar-refractivity contribution in [1.82, 2.24) is 5.32 Å². The van der Waals surface area contributed by atoms with E-state index >= 15 is 0 Å². The molecule has 0 aliphatic heterocycles. The Balaban J connectivity index is 2.45. The van der Waals surface area contributed by atoms with Gasteiger partial charge in [0.15, 0.2) is 0 Å². The number of hydrogen-bond acceptors (Lipinski definition) is 3. The van der Waals surface area contributed by atoms with E-state index in [1.54, 1.807) is 0 Å². The molecule has 0 aromatic carbocycles. The maximum Gasteiger partial charge on any atom is 0.130 e. The average molecular weight is 253 g/mol. The van der Waals surface area contributed by atoms with Crippen LogP contribution >= 0.6 is 0 Å². The molecule has 0 bridgehead atoms. The molecule has 3 nitrogen and oxygen atoms in total. The largest absolute Gasteiger partial charge is 0.464 e. The minimum absolute atomic E-state index is 0.303. The van der Waals surface area contributed by atoms with Crippen LogP contribution in [0.4, 0.5) is 0 Å². The molecule has 1 heterocycles. The van der Waals surface area contributed by atoms with E-state index < -0.39 is 0 Å². The molecule has 0 aliphatic carbocycles. The lowest BCUT2D eigenvalue weighted by atomic mass is 10.2. The van der Waals surface area contributed by atoms with Gasteiger partial charge in [-0.1, -0.05) is 27.2 Å². The smallest absolute Gasteiger partial charge is 0.130 e. The summed E-state index contributed by atoms with van der Waals surface area (Å²) in [6.07, 6.45) is 2.56. The summed E-state index contributed by atoms with van der Waals surface area (Å²) < 4.78 is 11.5. The number of rotatable bonds is 8. The summed E-state index contributed by atoms with van der Waals surface area (Å²) in [6, 6.07) is 2.59. The number of ether oxygens (including phenoxy) is 1. The molecule has 1 rings (SSSR count). The number of nitrogens with one attached hydrogen (secondary N) is 1. The van der Waals surface area contributed by atoms with Crippen molar-refractivity contribution in [3.8, 4) is 0 Å². The second kappa shape index (κ2) is 7.59. The molecule has 0 amide bonds. The van der Waals surface area contributed by atoms with Gasteiger partial charge in [-0.25, -0.2) is 0 Å². The third kappa shape index (κ3) is 5.23. The minimum atomic E-state index is 0.303. The van der Waals surface area contributed by atoms with E-state index in [0.29, 0.717) is 18.8 Å². The SMILES string of the molecule is CCCC(C)OCc1cc(CNC(C)C)c(C)o1. The molecule has 0 saturated carbocycles. The third-order valence-corrected chi connectivity index (χ3v) is 2.98. The first kappa shape index (κ1) is 15.3. The Morgan fingerprint density at radius 1 is 1.33 bits per heavy atom. The zero-order valence-corrected chi connectivity index (χ0v) is 12.4. The lowest BCUT2D eigenvalue weighted by Crippen LogP contribution is -2.21. The van der Waals surface area contributed by atoms with Crippen LogP contribution in [-0.2, 0) is 17.9 Å². The van der Waals surface area contributed by atoms with Crippen molar-refractivity contribution in [2.45, 2.75) is 72.8 Å². The Morgan fingerprint density at radius 3 is 2.67 bits per heavy atom. The normalized spacial score (nSPS) is 13.2. The van der Waals surface area contributed by atoms with Crippen LogP contribution in [-0.4, -0.2) is 12.1 Å².